The summed E-state index contributed by atoms with van der Waals surface area (Å²) < 4.78 is 11.0. The lowest BCUT2D eigenvalue weighted by Crippen LogP contribution is -2.14. The molecule has 1 saturated heterocycles. The fourth-order valence-corrected chi connectivity index (χ4v) is 2.10. The first-order chi connectivity index (χ1) is 7.86. The molecule has 2 heteroatoms. The van der Waals surface area contributed by atoms with Crippen LogP contribution in [0.25, 0.3) is 0 Å². The number of hydrogen-bond acceptors (Lipinski definition) is 2. The van der Waals surface area contributed by atoms with Crippen molar-refractivity contribution in [2.24, 2.45) is 5.41 Å². The van der Waals surface area contributed by atoms with E-state index in [0.717, 1.165) is 30.6 Å². The van der Waals surface area contributed by atoms with Crippen molar-refractivity contribution in [3.63, 3.8) is 0 Å². The molecule has 0 aromatic heterocycles. The average molecular weight is 236 g/mol. The third kappa shape index (κ3) is 3.74. The summed E-state index contributed by atoms with van der Waals surface area (Å²) in [6.07, 6.45) is 4.82. The molecule has 1 rings (SSSR count). The number of rotatable bonds is 3. The number of ether oxygens (including phenoxy) is 2. The Balaban J connectivity index is 2.94. The minimum atomic E-state index is -0.169. The van der Waals surface area contributed by atoms with Crippen LogP contribution in [-0.2, 0) is 9.47 Å². The first-order valence-electron chi connectivity index (χ1n) is 6.10. The molecule has 0 bridgehead atoms. The van der Waals surface area contributed by atoms with Crippen LogP contribution in [0.4, 0.5) is 0 Å². The van der Waals surface area contributed by atoms with Gasteiger partial charge in [0.1, 0.15) is 5.76 Å². The molecule has 1 atom stereocenters. The molecule has 1 aliphatic rings. The zero-order valence-electron chi connectivity index (χ0n) is 11.5. The zero-order valence-corrected chi connectivity index (χ0v) is 11.5. The van der Waals surface area contributed by atoms with E-state index in [4.69, 9.17) is 9.47 Å². The summed E-state index contributed by atoms with van der Waals surface area (Å²) >= 11 is 0. The van der Waals surface area contributed by atoms with Crippen molar-refractivity contribution in [1.82, 2.24) is 0 Å². The molecule has 0 spiro atoms. The molecule has 1 unspecified atom stereocenters. The molecule has 0 radical (unpaired) electrons. The third-order valence-electron chi connectivity index (χ3n) is 3.23. The van der Waals surface area contributed by atoms with Gasteiger partial charge in [-0.2, -0.15) is 0 Å². The quantitative estimate of drug-likeness (QED) is 0.684. The summed E-state index contributed by atoms with van der Waals surface area (Å²) in [7, 11) is 1.67. The van der Waals surface area contributed by atoms with Crippen molar-refractivity contribution in [1.29, 1.82) is 0 Å². The molecule has 1 fully saturated rings. The summed E-state index contributed by atoms with van der Waals surface area (Å²) in [5.41, 5.74) is 2.41. The predicted molar refractivity (Wildman–Crippen MR) is 71.6 cm³/mol. The zero-order chi connectivity index (χ0) is 13.1. The first kappa shape index (κ1) is 14.0. The number of methoxy groups -OCH3 is 1. The maximum Gasteiger partial charge on any atom is 0.199 e. The van der Waals surface area contributed by atoms with Gasteiger partial charge in [0.2, 0.25) is 0 Å². The summed E-state index contributed by atoms with van der Waals surface area (Å²) in [4.78, 5) is 0. The molecule has 0 amide bonds. The van der Waals surface area contributed by atoms with Crippen molar-refractivity contribution >= 4 is 0 Å². The molecule has 2 nitrogen and oxygen atoms in total. The van der Waals surface area contributed by atoms with Crippen LogP contribution in [0.3, 0.4) is 0 Å². The van der Waals surface area contributed by atoms with Crippen molar-refractivity contribution in [2.75, 3.05) is 7.11 Å². The van der Waals surface area contributed by atoms with Crippen LogP contribution >= 0.6 is 0 Å². The molecule has 0 aliphatic carbocycles. The molecular formula is C15H24O2. The topological polar surface area (TPSA) is 18.5 Å². The first-order valence-corrected chi connectivity index (χ1v) is 6.10. The van der Waals surface area contributed by atoms with Crippen molar-refractivity contribution in [3.05, 3.63) is 36.1 Å². The van der Waals surface area contributed by atoms with E-state index in [0.29, 0.717) is 0 Å². The molecule has 0 saturated carbocycles. The standard InChI is InChI=1S/C15H24O2/c1-11(2)7-8-13-12(3)17-14(16-6)9-10-15(13,4)5/h8,14H,1,3,7,9-10H2,2,4-6H3/b13-8+. The van der Waals surface area contributed by atoms with Gasteiger partial charge < -0.3 is 9.47 Å². The van der Waals surface area contributed by atoms with Gasteiger partial charge in [0.25, 0.3) is 0 Å². The largest absolute Gasteiger partial charge is 0.465 e. The van der Waals surface area contributed by atoms with E-state index in [1.165, 1.54) is 5.57 Å². The van der Waals surface area contributed by atoms with Gasteiger partial charge in [-0.15, -0.1) is 0 Å². The van der Waals surface area contributed by atoms with E-state index in [-0.39, 0.29) is 11.7 Å². The Morgan fingerprint density at radius 3 is 2.76 bits per heavy atom. The van der Waals surface area contributed by atoms with Crippen molar-refractivity contribution in [2.45, 2.75) is 46.3 Å². The van der Waals surface area contributed by atoms with Gasteiger partial charge >= 0.3 is 0 Å². The molecule has 0 aromatic carbocycles. The summed E-state index contributed by atoms with van der Waals surface area (Å²) in [6.45, 7) is 14.4. The van der Waals surface area contributed by atoms with Crippen molar-refractivity contribution in [3.8, 4) is 0 Å². The molecule has 1 heterocycles. The van der Waals surface area contributed by atoms with Crippen LogP contribution in [0.2, 0.25) is 0 Å². The Morgan fingerprint density at radius 1 is 1.59 bits per heavy atom. The molecule has 0 N–H and O–H groups in total. The number of hydrogen-bond donors (Lipinski definition) is 0. The maximum absolute atomic E-state index is 5.73. The Kier molecular flexibility index (Phi) is 4.58. The van der Waals surface area contributed by atoms with E-state index >= 15 is 0 Å². The van der Waals surface area contributed by atoms with E-state index in [9.17, 15) is 0 Å². The predicted octanol–water partition coefficient (Wildman–Crippen LogP) is 4.20. The lowest BCUT2D eigenvalue weighted by atomic mass is 9.79. The second-order valence-electron chi connectivity index (χ2n) is 5.41. The van der Waals surface area contributed by atoms with E-state index < -0.39 is 0 Å². The summed E-state index contributed by atoms with van der Waals surface area (Å²) in [6, 6.07) is 0. The Hall–Kier alpha value is -1.02. The second kappa shape index (κ2) is 5.54. The lowest BCUT2D eigenvalue weighted by Gasteiger charge is -2.25. The molecule has 17 heavy (non-hydrogen) atoms. The summed E-state index contributed by atoms with van der Waals surface area (Å²) in [5, 5.41) is 0. The normalized spacial score (nSPS) is 26.5. The van der Waals surface area contributed by atoms with Crippen LogP contribution in [0.5, 0.6) is 0 Å². The van der Waals surface area contributed by atoms with Gasteiger partial charge in [0.05, 0.1) is 0 Å². The van der Waals surface area contributed by atoms with Gasteiger partial charge in [-0.05, 0) is 30.8 Å². The van der Waals surface area contributed by atoms with Gasteiger partial charge in [-0.3, -0.25) is 0 Å². The van der Waals surface area contributed by atoms with Gasteiger partial charge in [0.15, 0.2) is 6.29 Å². The highest BCUT2D eigenvalue weighted by Crippen LogP contribution is 2.40. The fourth-order valence-electron chi connectivity index (χ4n) is 2.10. The van der Waals surface area contributed by atoms with Gasteiger partial charge in [-0.25, -0.2) is 0 Å². The van der Waals surface area contributed by atoms with E-state index in [1.807, 2.05) is 6.92 Å². The van der Waals surface area contributed by atoms with Crippen LogP contribution in [0.1, 0.15) is 40.0 Å². The molecule has 0 aromatic rings. The second-order valence-corrected chi connectivity index (χ2v) is 5.41. The highest BCUT2D eigenvalue weighted by molar-refractivity contribution is 5.31. The van der Waals surface area contributed by atoms with Crippen LogP contribution in [-0.4, -0.2) is 13.4 Å². The SMILES string of the molecule is C=C(C)C/C=C1\C(=C)OC(OC)CCC1(C)C. The third-order valence-corrected chi connectivity index (χ3v) is 3.23. The highest BCUT2D eigenvalue weighted by Gasteiger charge is 2.31. The van der Waals surface area contributed by atoms with Crippen LogP contribution < -0.4 is 0 Å². The van der Waals surface area contributed by atoms with E-state index in [1.54, 1.807) is 7.11 Å². The fraction of sp³-hybridized carbons (Fsp3) is 0.600. The smallest absolute Gasteiger partial charge is 0.199 e. The molecule has 96 valence electrons. The van der Waals surface area contributed by atoms with Crippen LogP contribution in [0, 0.1) is 5.41 Å². The van der Waals surface area contributed by atoms with E-state index in [2.05, 4.69) is 33.1 Å². The lowest BCUT2D eigenvalue weighted by molar-refractivity contribution is -0.0923. The average Bonchev–Trinajstić information content (AvgIpc) is 2.33. The number of allylic oxidation sites excluding steroid dienone is 3. The molecular weight excluding hydrogens is 212 g/mol. The Bertz CT molecular complexity index is 337. The summed E-state index contributed by atoms with van der Waals surface area (Å²) in [5.74, 6) is 0.737. The Labute approximate surface area is 105 Å². The maximum atomic E-state index is 5.73. The van der Waals surface area contributed by atoms with Crippen LogP contribution in [0.15, 0.2) is 36.1 Å². The van der Waals surface area contributed by atoms with Gasteiger partial charge in [0, 0.05) is 13.5 Å². The molecule has 1 aliphatic heterocycles. The monoisotopic (exact) mass is 236 g/mol. The minimum absolute atomic E-state index is 0.0831. The van der Waals surface area contributed by atoms with Gasteiger partial charge in [-0.1, -0.05) is 38.7 Å². The van der Waals surface area contributed by atoms with Crippen molar-refractivity contribution < 1.29 is 9.47 Å². The highest BCUT2D eigenvalue weighted by atomic mass is 16.7. The minimum Gasteiger partial charge on any atom is -0.465 e. The Morgan fingerprint density at radius 2 is 2.24 bits per heavy atom.